The molecule has 0 aromatic heterocycles. The van der Waals surface area contributed by atoms with Gasteiger partial charge in [-0.05, 0) is 50.9 Å². The molecule has 0 heterocycles. The van der Waals surface area contributed by atoms with E-state index in [2.05, 4.69) is 61.4 Å². The summed E-state index contributed by atoms with van der Waals surface area (Å²) < 4.78 is 0. The van der Waals surface area contributed by atoms with E-state index in [9.17, 15) is 0 Å². The number of hydrogen-bond donors (Lipinski definition) is 2. The van der Waals surface area contributed by atoms with E-state index in [-0.39, 0.29) is 5.41 Å². The monoisotopic (exact) mass is 292 g/mol. The average molecular weight is 292 g/mol. The molecule has 0 aliphatic heterocycles. The van der Waals surface area contributed by atoms with Crippen LogP contribution in [0.3, 0.4) is 0 Å². The predicted octanol–water partition coefficient (Wildman–Crippen LogP) is 3.07. The molecular formula is C18H32N2O. The lowest BCUT2D eigenvalue weighted by molar-refractivity contribution is 0.158. The Balaban J connectivity index is 2.57. The minimum atomic E-state index is 0.155. The zero-order valence-electron chi connectivity index (χ0n) is 14.1. The molecule has 0 bridgehead atoms. The van der Waals surface area contributed by atoms with Crippen molar-refractivity contribution >= 4 is 0 Å². The Morgan fingerprint density at radius 2 is 1.81 bits per heavy atom. The van der Waals surface area contributed by atoms with Gasteiger partial charge in [-0.1, -0.05) is 44.2 Å². The fourth-order valence-electron chi connectivity index (χ4n) is 3.19. The van der Waals surface area contributed by atoms with E-state index in [4.69, 9.17) is 5.11 Å². The van der Waals surface area contributed by atoms with Gasteiger partial charge in [0.1, 0.15) is 0 Å². The molecule has 2 N–H and O–H groups in total. The van der Waals surface area contributed by atoms with Crippen LogP contribution in [-0.2, 0) is 0 Å². The number of benzene rings is 1. The molecule has 0 saturated carbocycles. The highest BCUT2D eigenvalue weighted by Gasteiger charge is 2.30. The maximum atomic E-state index is 8.83. The van der Waals surface area contributed by atoms with Crippen LogP contribution in [0.1, 0.15) is 44.7 Å². The Hall–Kier alpha value is -0.900. The first-order chi connectivity index (χ1) is 10.0. The summed E-state index contributed by atoms with van der Waals surface area (Å²) in [6, 6.07) is 11.0. The molecule has 1 rings (SSSR count). The molecule has 1 aromatic carbocycles. The maximum Gasteiger partial charge on any atom is 0.0431 e. The van der Waals surface area contributed by atoms with Crippen molar-refractivity contribution in [3.05, 3.63) is 35.9 Å². The summed E-state index contributed by atoms with van der Waals surface area (Å²) in [5.41, 5.74) is 1.50. The molecule has 21 heavy (non-hydrogen) atoms. The predicted molar refractivity (Wildman–Crippen MR) is 90.5 cm³/mol. The van der Waals surface area contributed by atoms with Gasteiger partial charge in [-0.2, -0.15) is 0 Å². The van der Waals surface area contributed by atoms with Crippen LogP contribution >= 0.6 is 0 Å². The molecule has 120 valence electrons. The summed E-state index contributed by atoms with van der Waals surface area (Å²) in [4.78, 5) is 2.41. The van der Waals surface area contributed by atoms with Crippen molar-refractivity contribution < 1.29 is 5.11 Å². The third-order valence-corrected chi connectivity index (χ3v) is 4.08. The molecule has 0 aliphatic rings. The summed E-state index contributed by atoms with van der Waals surface area (Å²) in [7, 11) is 4.24. The lowest BCUT2D eigenvalue weighted by Gasteiger charge is -2.38. The normalized spacial score (nSPS) is 13.6. The van der Waals surface area contributed by atoms with Crippen molar-refractivity contribution in [2.45, 2.75) is 39.2 Å². The number of aliphatic hydroxyl groups excluding tert-OH is 1. The van der Waals surface area contributed by atoms with Crippen LogP contribution in [0.15, 0.2) is 30.3 Å². The van der Waals surface area contributed by atoms with Gasteiger partial charge in [-0.15, -0.1) is 0 Å². The molecule has 1 aromatic rings. The first-order valence-electron chi connectivity index (χ1n) is 8.03. The number of aliphatic hydroxyl groups is 1. The van der Waals surface area contributed by atoms with E-state index in [1.165, 1.54) is 5.56 Å². The molecule has 0 aliphatic carbocycles. The molecular weight excluding hydrogens is 260 g/mol. The molecule has 0 spiro atoms. The minimum absolute atomic E-state index is 0.155. The summed E-state index contributed by atoms with van der Waals surface area (Å²) in [5.74, 6) is 0. The number of hydrogen-bond acceptors (Lipinski definition) is 3. The van der Waals surface area contributed by atoms with E-state index in [0.29, 0.717) is 12.6 Å². The van der Waals surface area contributed by atoms with E-state index in [0.717, 1.165) is 32.4 Å². The maximum absolute atomic E-state index is 8.83. The lowest BCUT2D eigenvalue weighted by Crippen LogP contribution is -2.41. The van der Waals surface area contributed by atoms with Gasteiger partial charge in [0.2, 0.25) is 0 Å². The zero-order chi connectivity index (χ0) is 15.7. The van der Waals surface area contributed by atoms with Gasteiger partial charge in [0.05, 0.1) is 0 Å². The first-order valence-corrected chi connectivity index (χ1v) is 8.03. The van der Waals surface area contributed by atoms with Crippen molar-refractivity contribution in [3.8, 4) is 0 Å². The second kappa shape index (κ2) is 9.19. The second-order valence-corrected chi connectivity index (χ2v) is 6.64. The van der Waals surface area contributed by atoms with Crippen LogP contribution in [0, 0.1) is 5.41 Å². The van der Waals surface area contributed by atoms with E-state index >= 15 is 0 Å². The van der Waals surface area contributed by atoms with Gasteiger partial charge in [0.25, 0.3) is 0 Å². The topological polar surface area (TPSA) is 35.5 Å². The van der Waals surface area contributed by atoms with Crippen molar-refractivity contribution in [2.24, 2.45) is 5.41 Å². The largest absolute Gasteiger partial charge is 0.396 e. The smallest absolute Gasteiger partial charge is 0.0431 e. The minimum Gasteiger partial charge on any atom is -0.396 e. The Morgan fingerprint density at radius 1 is 1.14 bits per heavy atom. The van der Waals surface area contributed by atoms with Crippen LogP contribution in [0.2, 0.25) is 0 Å². The van der Waals surface area contributed by atoms with E-state index in [1.54, 1.807) is 0 Å². The van der Waals surface area contributed by atoms with Crippen LogP contribution in [0.4, 0.5) is 0 Å². The van der Waals surface area contributed by atoms with Gasteiger partial charge in [0, 0.05) is 19.2 Å². The fourth-order valence-corrected chi connectivity index (χ4v) is 3.19. The standard InChI is InChI=1S/C18H32N2O/c1-18(2,15-20(4)13-9-6-10-14-21)17(19-3)16-11-7-5-8-12-16/h5,7-8,11-12,17,19,21H,6,9-10,13-15H2,1-4H3. The third-order valence-electron chi connectivity index (χ3n) is 4.08. The zero-order valence-corrected chi connectivity index (χ0v) is 14.1. The molecule has 0 radical (unpaired) electrons. The fraction of sp³-hybridized carbons (Fsp3) is 0.667. The quantitative estimate of drug-likeness (QED) is 0.651. The summed E-state index contributed by atoms with van der Waals surface area (Å²) in [6.45, 7) is 7.10. The van der Waals surface area contributed by atoms with Crippen LogP contribution in [-0.4, -0.2) is 43.8 Å². The van der Waals surface area contributed by atoms with Gasteiger partial charge < -0.3 is 15.3 Å². The molecule has 0 saturated heterocycles. The van der Waals surface area contributed by atoms with E-state index in [1.807, 2.05) is 7.05 Å². The van der Waals surface area contributed by atoms with Gasteiger partial charge >= 0.3 is 0 Å². The molecule has 1 atom stereocenters. The number of unbranched alkanes of at least 4 members (excludes halogenated alkanes) is 2. The Bertz CT molecular complexity index is 378. The SMILES string of the molecule is CNC(c1ccccc1)C(C)(C)CN(C)CCCCCO. The van der Waals surface area contributed by atoms with Crippen molar-refractivity contribution in [2.75, 3.05) is 33.8 Å². The Labute approximate surface area is 130 Å². The number of nitrogens with zero attached hydrogens (tertiary/aromatic N) is 1. The lowest BCUT2D eigenvalue weighted by atomic mass is 9.80. The summed E-state index contributed by atoms with van der Waals surface area (Å²) in [6.07, 6.45) is 3.18. The Kier molecular flexibility index (Phi) is 7.94. The van der Waals surface area contributed by atoms with Gasteiger partial charge in [0.15, 0.2) is 0 Å². The van der Waals surface area contributed by atoms with Crippen molar-refractivity contribution in [1.29, 1.82) is 0 Å². The van der Waals surface area contributed by atoms with Crippen LogP contribution < -0.4 is 5.32 Å². The van der Waals surface area contributed by atoms with Gasteiger partial charge in [-0.25, -0.2) is 0 Å². The van der Waals surface area contributed by atoms with Gasteiger partial charge in [-0.3, -0.25) is 0 Å². The molecule has 3 heteroatoms. The summed E-state index contributed by atoms with van der Waals surface area (Å²) in [5, 5.41) is 12.3. The second-order valence-electron chi connectivity index (χ2n) is 6.64. The number of nitrogens with one attached hydrogen (secondary N) is 1. The summed E-state index contributed by atoms with van der Waals surface area (Å²) >= 11 is 0. The highest BCUT2D eigenvalue weighted by molar-refractivity contribution is 5.21. The molecule has 0 amide bonds. The van der Waals surface area contributed by atoms with Crippen molar-refractivity contribution in [3.63, 3.8) is 0 Å². The van der Waals surface area contributed by atoms with Crippen LogP contribution in [0.5, 0.6) is 0 Å². The Morgan fingerprint density at radius 3 is 2.38 bits per heavy atom. The molecule has 3 nitrogen and oxygen atoms in total. The van der Waals surface area contributed by atoms with E-state index < -0.39 is 0 Å². The highest BCUT2D eigenvalue weighted by Crippen LogP contribution is 2.33. The highest BCUT2D eigenvalue weighted by atomic mass is 16.2. The molecule has 1 unspecified atom stereocenters. The first kappa shape index (κ1) is 18.1. The third kappa shape index (κ3) is 6.16. The molecule has 0 fully saturated rings. The van der Waals surface area contributed by atoms with Crippen molar-refractivity contribution in [1.82, 2.24) is 10.2 Å². The number of rotatable bonds is 10. The van der Waals surface area contributed by atoms with Crippen LogP contribution in [0.25, 0.3) is 0 Å². The average Bonchev–Trinajstić information content (AvgIpc) is 2.44.